The second-order valence-corrected chi connectivity index (χ2v) is 9.60. The largest absolute Gasteiger partial charge is 0.393 e. The van der Waals surface area contributed by atoms with Crippen LogP contribution in [0.15, 0.2) is 24.4 Å². The van der Waals surface area contributed by atoms with E-state index < -0.39 is 28.9 Å². The van der Waals surface area contributed by atoms with Gasteiger partial charge in [0.05, 0.1) is 17.8 Å². The maximum absolute atomic E-state index is 14.4. The van der Waals surface area contributed by atoms with E-state index in [4.69, 9.17) is 0 Å². The molecule has 0 atom stereocenters. The van der Waals surface area contributed by atoms with Crippen LogP contribution >= 0.6 is 0 Å². The van der Waals surface area contributed by atoms with Crippen molar-refractivity contribution in [2.45, 2.75) is 75.3 Å². The van der Waals surface area contributed by atoms with Gasteiger partial charge in [-0.3, -0.25) is 0 Å². The van der Waals surface area contributed by atoms with Crippen molar-refractivity contribution in [3.8, 4) is 0 Å². The van der Waals surface area contributed by atoms with Crippen molar-refractivity contribution < 1.29 is 28.5 Å². The predicted octanol–water partition coefficient (Wildman–Crippen LogP) is 4.10. The summed E-state index contributed by atoms with van der Waals surface area (Å²) < 4.78 is 44.0. The van der Waals surface area contributed by atoms with E-state index in [0.717, 1.165) is 0 Å². The van der Waals surface area contributed by atoms with E-state index in [1.54, 1.807) is 6.20 Å². The number of halogens is 3. The van der Waals surface area contributed by atoms with Gasteiger partial charge in [0.1, 0.15) is 22.8 Å². The number of nitrogens with one attached hydrogen (secondary N) is 2. The molecule has 11 heteroatoms. The molecule has 2 heterocycles. The summed E-state index contributed by atoms with van der Waals surface area (Å²) in [4.78, 5) is 8.94. The number of anilines is 3. The third-order valence-electron chi connectivity index (χ3n) is 6.99. The number of imidazole rings is 1. The molecule has 0 amide bonds. The van der Waals surface area contributed by atoms with E-state index >= 15 is 0 Å². The van der Waals surface area contributed by atoms with Gasteiger partial charge in [-0.2, -0.15) is 0 Å². The van der Waals surface area contributed by atoms with Crippen molar-refractivity contribution in [3.05, 3.63) is 41.8 Å². The van der Waals surface area contributed by atoms with E-state index in [-0.39, 0.29) is 37.0 Å². The summed E-state index contributed by atoms with van der Waals surface area (Å²) in [5.41, 5.74) is 0.716. The van der Waals surface area contributed by atoms with Crippen molar-refractivity contribution in [2.75, 3.05) is 10.6 Å². The van der Waals surface area contributed by atoms with Crippen LogP contribution in [0.4, 0.5) is 30.6 Å². The summed E-state index contributed by atoms with van der Waals surface area (Å²) in [7, 11) is 0. The monoisotopic (exact) mass is 491 g/mol. The van der Waals surface area contributed by atoms with Gasteiger partial charge in [-0.05, 0) is 38.5 Å². The average molecular weight is 492 g/mol. The molecule has 188 valence electrons. The molecular weight excluding hydrogens is 463 g/mol. The molecule has 5 N–H and O–H groups in total. The Hall–Kier alpha value is -2.89. The lowest BCUT2D eigenvalue weighted by molar-refractivity contribution is -0.181. The maximum Gasteiger partial charge on any atom is 0.208 e. The standard InChI is InChI=1S/C24H28F3N5O3/c25-13-9-17(26)22(18(27)10-13)31-23-30-19-12-28-21(29-14-5-7-24(34,35)8-6-14)11-20(19)32(23)15-1-3-16(33)4-2-15/h9-12,14-16,33-35H,1-8H2,(H,28,29)(H,30,31). The molecule has 5 rings (SSSR count). The highest BCUT2D eigenvalue weighted by Gasteiger charge is 2.31. The van der Waals surface area contributed by atoms with Crippen LogP contribution in [0.5, 0.6) is 0 Å². The molecule has 1 aromatic carbocycles. The molecule has 2 aromatic heterocycles. The molecule has 0 spiro atoms. The Kier molecular flexibility index (Phi) is 6.32. The van der Waals surface area contributed by atoms with Crippen LogP contribution in [0.3, 0.4) is 0 Å². The molecule has 8 nitrogen and oxygen atoms in total. The van der Waals surface area contributed by atoms with Crippen molar-refractivity contribution in [1.29, 1.82) is 0 Å². The van der Waals surface area contributed by atoms with Gasteiger partial charge in [0.15, 0.2) is 17.4 Å². The number of aliphatic hydroxyl groups is 3. The number of benzene rings is 1. The van der Waals surface area contributed by atoms with Crippen LogP contribution in [-0.2, 0) is 0 Å². The summed E-state index contributed by atoms with van der Waals surface area (Å²) in [6.07, 6.45) is 5.33. The van der Waals surface area contributed by atoms with E-state index in [9.17, 15) is 28.5 Å². The summed E-state index contributed by atoms with van der Waals surface area (Å²) in [5.74, 6) is -4.00. The van der Waals surface area contributed by atoms with Gasteiger partial charge in [-0.15, -0.1) is 0 Å². The minimum atomic E-state index is -1.63. The summed E-state index contributed by atoms with van der Waals surface area (Å²) in [6, 6.07) is 2.98. The van der Waals surface area contributed by atoms with Crippen molar-refractivity contribution in [1.82, 2.24) is 14.5 Å². The lowest BCUT2D eigenvalue weighted by Crippen LogP contribution is -2.38. The maximum atomic E-state index is 14.4. The number of hydrogen-bond acceptors (Lipinski definition) is 7. The number of nitrogens with zero attached hydrogens (tertiary/aromatic N) is 3. The normalized spacial score (nSPS) is 22.9. The van der Waals surface area contributed by atoms with Gasteiger partial charge >= 0.3 is 0 Å². The lowest BCUT2D eigenvalue weighted by atomic mass is 9.90. The van der Waals surface area contributed by atoms with Crippen molar-refractivity contribution in [3.63, 3.8) is 0 Å². The highest BCUT2D eigenvalue weighted by molar-refractivity contribution is 5.81. The molecule has 2 fully saturated rings. The summed E-state index contributed by atoms with van der Waals surface area (Å²) in [6.45, 7) is 0. The third-order valence-corrected chi connectivity index (χ3v) is 6.99. The highest BCUT2D eigenvalue weighted by Crippen LogP contribution is 2.37. The average Bonchev–Trinajstić information content (AvgIpc) is 3.15. The number of aromatic nitrogens is 3. The van der Waals surface area contributed by atoms with Gasteiger partial charge in [0.25, 0.3) is 0 Å². The lowest BCUT2D eigenvalue weighted by Gasteiger charge is -2.32. The fourth-order valence-electron chi connectivity index (χ4n) is 5.06. The molecule has 3 aromatic rings. The van der Waals surface area contributed by atoms with Gasteiger partial charge in [-0.25, -0.2) is 23.1 Å². The second-order valence-electron chi connectivity index (χ2n) is 9.60. The fourth-order valence-corrected chi connectivity index (χ4v) is 5.06. The summed E-state index contributed by atoms with van der Waals surface area (Å²) >= 11 is 0. The summed E-state index contributed by atoms with van der Waals surface area (Å²) in [5, 5.41) is 35.6. The van der Waals surface area contributed by atoms with Crippen LogP contribution < -0.4 is 10.6 Å². The number of aliphatic hydroxyl groups excluding tert-OH is 1. The van der Waals surface area contributed by atoms with Crippen molar-refractivity contribution >= 4 is 28.5 Å². The number of fused-ring (bicyclic) bond motifs is 1. The third kappa shape index (κ3) is 5.07. The minimum absolute atomic E-state index is 0.0218. The molecule has 0 aliphatic heterocycles. The van der Waals surface area contributed by atoms with E-state index in [1.165, 1.54) is 0 Å². The SMILES string of the molecule is OC1CCC(n2c(Nc3c(F)cc(F)cc3F)nc3cnc(NC4CCC(O)(O)CC4)cc32)CC1. The Bertz CT molecular complexity index is 1190. The van der Waals surface area contributed by atoms with Crippen LogP contribution in [-0.4, -0.2) is 47.8 Å². The molecule has 35 heavy (non-hydrogen) atoms. The number of pyridine rings is 1. The first-order chi connectivity index (χ1) is 16.7. The second kappa shape index (κ2) is 9.29. The Labute approximate surface area is 199 Å². The Morgan fingerprint density at radius 1 is 0.943 bits per heavy atom. The first-order valence-corrected chi connectivity index (χ1v) is 11.9. The van der Waals surface area contributed by atoms with E-state index in [2.05, 4.69) is 20.6 Å². The Balaban J connectivity index is 1.50. The molecule has 0 radical (unpaired) electrons. The van der Waals surface area contributed by atoms with E-state index in [1.807, 2.05) is 10.6 Å². The van der Waals surface area contributed by atoms with Gasteiger partial charge in [-0.1, -0.05) is 0 Å². The highest BCUT2D eigenvalue weighted by atomic mass is 19.1. The van der Waals surface area contributed by atoms with Crippen molar-refractivity contribution in [2.24, 2.45) is 0 Å². The zero-order chi connectivity index (χ0) is 24.7. The quantitative estimate of drug-likeness (QED) is 0.341. The smallest absolute Gasteiger partial charge is 0.208 e. The number of rotatable bonds is 5. The Morgan fingerprint density at radius 3 is 2.26 bits per heavy atom. The van der Waals surface area contributed by atoms with Gasteiger partial charge in [0, 0.05) is 43.1 Å². The Morgan fingerprint density at radius 2 is 1.60 bits per heavy atom. The van der Waals surface area contributed by atoms with Crippen LogP contribution in [0.2, 0.25) is 0 Å². The molecule has 0 unspecified atom stereocenters. The topological polar surface area (TPSA) is 115 Å². The number of hydrogen-bond donors (Lipinski definition) is 5. The van der Waals surface area contributed by atoms with E-state index in [0.29, 0.717) is 67.5 Å². The molecule has 0 saturated heterocycles. The first-order valence-electron chi connectivity index (χ1n) is 11.9. The predicted molar refractivity (Wildman–Crippen MR) is 124 cm³/mol. The zero-order valence-electron chi connectivity index (χ0n) is 19.0. The molecular formula is C24H28F3N5O3. The van der Waals surface area contributed by atoms with Crippen LogP contribution in [0, 0.1) is 17.5 Å². The van der Waals surface area contributed by atoms with Crippen LogP contribution in [0.1, 0.15) is 57.4 Å². The zero-order valence-corrected chi connectivity index (χ0v) is 19.0. The van der Waals surface area contributed by atoms with Crippen LogP contribution in [0.25, 0.3) is 11.0 Å². The minimum Gasteiger partial charge on any atom is -0.393 e. The van der Waals surface area contributed by atoms with Gasteiger partial charge in [0.2, 0.25) is 5.95 Å². The fraction of sp³-hybridized carbons (Fsp3) is 0.500. The molecule has 2 saturated carbocycles. The first kappa shape index (κ1) is 23.8. The molecule has 0 bridgehead atoms. The molecule has 2 aliphatic carbocycles. The van der Waals surface area contributed by atoms with Gasteiger partial charge < -0.3 is 30.5 Å². The molecule has 2 aliphatic rings.